The van der Waals surface area contributed by atoms with Crippen molar-refractivity contribution < 1.29 is 13.2 Å². The molecule has 3 rings (SSSR count). The molecule has 9 heteroatoms. The van der Waals surface area contributed by atoms with E-state index in [1.54, 1.807) is 29.3 Å². The summed E-state index contributed by atoms with van der Waals surface area (Å²) in [6.45, 7) is 2.70. The topological polar surface area (TPSA) is 82.6 Å². The Balaban J connectivity index is 1.45. The SMILES string of the molecule is O=C(CCNS(=O)(=O)c1ccccc1)N1CCN(c2ccc(Br)cn2)CC1. The molecule has 0 saturated carbocycles. The molecule has 27 heavy (non-hydrogen) atoms. The molecular weight excluding hydrogens is 432 g/mol. The summed E-state index contributed by atoms with van der Waals surface area (Å²) in [5.41, 5.74) is 0. The van der Waals surface area contributed by atoms with Crippen molar-refractivity contribution in [2.24, 2.45) is 0 Å². The van der Waals surface area contributed by atoms with Gasteiger partial charge in [0.25, 0.3) is 0 Å². The van der Waals surface area contributed by atoms with Gasteiger partial charge in [0.05, 0.1) is 4.90 Å². The van der Waals surface area contributed by atoms with Gasteiger partial charge in [0.1, 0.15) is 5.82 Å². The van der Waals surface area contributed by atoms with Crippen molar-refractivity contribution in [2.75, 3.05) is 37.6 Å². The molecule has 1 saturated heterocycles. The highest BCUT2D eigenvalue weighted by atomic mass is 79.9. The summed E-state index contributed by atoms with van der Waals surface area (Å²) >= 11 is 3.37. The minimum Gasteiger partial charge on any atom is -0.353 e. The van der Waals surface area contributed by atoms with Crippen LogP contribution in [-0.2, 0) is 14.8 Å². The first-order valence-electron chi connectivity index (χ1n) is 8.65. The van der Waals surface area contributed by atoms with E-state index in [1.807, 2.05) is 12.1 Å². The molecule has 2 aromatic rings. The third kappa shape index (κ3) is 5.27. The van der Waals surface area contributed by atoms with E-state index in [4.69, 9.17) is 0 Å². The number of amides is 1. The zero-order valence-electron chi connectivity index (χ0n) is 14.7. The predicted molar refractivity (Wildman–Crippen MR) is 107 cm³/mol. The van der Waals surface area contributed by atoms with E-state index in [0.29, 0.717) is 26.2 Å². The van der Waals surface area contributed by atoms with Crippen molar-refractivity contribution in [2.45, 2.75) is 11.3 Å². The number of hydrogen-bond acceptors (Lipinski definition) is 5. The van der Waals surface area contributed by atoms with Crippen LogP contribution < -0.4 is 9.62 Å². The summed E-state index contributed by atoms with van der Waals surface area (Å²) in [5.74, 6) is 0.843. The Morgan fingerprint density at radius 2 is 1.78 bits per heavy atom. The number of halogens is 1. The fourth-order valence-electron chi connectivity index (χ4n) is 2.87. The Bertz CT molecular complexity index is 867. The van der Waals surface area contributed by atoms with Crippen molar-refractivity contribution in [1.29, 1.82) is 0 Å². The van der Waals surface area contributed by atoms with E-state index in [1.165, 1.54) is 12.1 Å². The van der Waals surface area contributed by atoms with E-state index in [2.05, 4.69) is 30.5 Å². The maximum Gasteiger partial charge on any atom is 0.240 e. The Morgan fingerprint density at radius 1 is 1.07 bits per heavy atom. The van der Waals surface area contributed by atoms with Gasteiger partial charge in [0, 0.05) is 49.8 Å². The fraction of sp³-hybridized carbons (Fsp3) is 0.333. The van der Waals surface area contributed by atoms with E-state index >= 15 is 0 Å². The zero-order valence-corrected chi connectivity index (χ0v) is 17.1. The molecule has 1 aromatic heterocycles. The first kappa shape index (κ1) is 19.8. The van der Waals surface area contributed by atoms with Crippen molar-refractivity contribution in [3.8, 4) is 0 Å². The maximum atomic E-state index is 12.4. The molecule has 0 radical (unpaired) electrons. The van der Waals surface area contributed by atoms with Crippen LogP contribution in [0.3, 0.4) is 0 Å². The quantitative estimate of drug-likeness (QED) is 0.722. The first-order valence-corrected chi connectivity index (χ1v) is 10.9. The van der Waals surface area contributed by atoms with Gasteiger partial charge < -0.3 is 9.80 Å². The van der Waals surface area contributed by atoms with Crippen LogP contribution in [0.4, 0.5) is 5.82 Å². The van der Waals surface area contributed by atoms with E-state index in [-0.39, 0.29) is 23.8 Å². The van der Waals surface area contributed by atoms with Crippen LogP contribution >= 0.6 is 15.9 Å². The Morgan fingerprint density at radius 3 is 2.41 bits per heavy atom. The minimum absolute atomic E-state index is 0.0471. The molecule has 1 amide bonds. The molecular formula is C18H21BrN4O3S. The molecule has 0 unspecified atom stereocenters. The number of rotatable bonds is 6. The molecule has 0 spiro atoms. The molecule has 2 heterocycles. The van der Waals surface area contributed by atoms with Crippen LogP contribution in [0.2, 0.25) is 0 Å². The first-order chi connectivity index (χ1) is 13.0. The lowest BCUT2D eigenvalue weighted by Crippen LogP contribution is -2.49. The highest BCUT2D eigenvalue weighted by molar-refractivity contribution is 9.10. The van der Waals surface area contributed by atoms with Crippen LogP contribution in [0.1, 0.15) is 6.42 Å². The minimum atomic E-state index is -3.58. The predicted octanol–water partition coefficient (Wildman–Crippen LogP) is 1.86. The Hall–Kier alpha value is -1.97. The number of aromatic nitrogens is 1. The number of benzene rings is 1. The Labute approximate surface area is 167 Å². The summed E-state index contributed by atoms with van der Waals surface area (Å²) in [6, 6.07) is 12.0. The smallest absolute Gasteiger partial charge is 0.240 e. The van der Waals surface area contributed by atoms with E-state index < -0.39 is 10.0 Å². The summed E-state index contributed by atoms with van der Waals surface area (Å²) in [7, 11) is -3.58. The average Bonchev–Trinajstić information content (AvgIpc) is 2.69. The number of sulfonamides is 1. The Kier molecular flexibility index (Phi) is 6.46. The van der Waals surface area contributed by atoms with Gasteiger partial charge >= 0.3 is 0 Å². The second-order valence-electron chi connectivity index (χ2n) is 6.16. The number of hydrogen-bond donors (Lipinski definition) is 1. The van der Waals surface area contributed by atoms with Crippen molar-refractivity contribution in [1.82, 2.24) is 14.6 Å². The summed E-state index contributed by atoms with van der Waals surface area (Å²) in [5, 5.41) is 0. The van der Waals surface area contributed by atoms with Crippen molar-refractivity contribution >= 4 is 37.7 Å². The van der Waals surface area contributed by atoms with Crippen LogP contribution in [0.25, 0.3) is 0 Å². The van der Waals surface area contributed by atoms with Gasteiger partial charge in [-0.3, -0.25) is 4.79 Å². The van der Waals surface area contributed by atoms with Crippen molar-refractivity contribution in [3.63, 3.8) is 0 Å². The molecule has 1 aromatic carbocycles. The van der Waals surface area contributed by atoms with Crippen LogP contribution in [0.5, 0.6) is 0 Å². The third-order valence-corrected chi connectivity index (χ3v) is 6.30. The number of carbonyl (C=O) groups excluding carboxylic acids is 1. The number of nitrogens with zero attached hydrogens (tertiary/aromatic N) is 3. The van der Waals surface area contributed by atoms with Crippen LogP contribution in [0, 0.1) is 0 Å². The van der Waals surface area contributed by atoms with Gasteiger partial charge in [-0.25, -0.2) is 18.1 Å². The number of anilines is 1. The molecule has 144 valence electrons. The lowest BCUT2D eigenvalue weighted by Gasteiger charge is -2.35. The second-order valence-corrected chi connectivity index (χ2v) is 8.85. The van der Waals surface area contributed by atoms with Gasteiger partial charge in [0.2, 0.25) is 15.9 Å². The highest BCUT2D eigenvalue weighted by Crippen LogP contribution is 2.16. The largest absolute Gasteiger partial charge is 0.353 e. The van der Waals surface area contributed by atoms with E-state index in [0.717, 1.165) is 10.3 Å². The fourth-order valence-corrected chi connectivity index (χ4v) is 4.16. The molecule has 7 nitrogen and oxygen atoms in total. The molecule has 0 bridgehead atoms. The highest BCUT2D eigenvalue weighted by Gasteiger charge is 2.22. The van der Waals surface area contributed by atoms with E-state index in [9.17, 15) is 13.2 Å². The van der Waals surface area contributed by atoms with Gasteiger partial charge in [0.15, 0.2) is 0 Å². The number of nitrogens with one attached hydrogen (secondary N) is 1. The van der Waals surface area contributed by atoms with Crippen LogP contribution in [-0.4, -0.2) is 56.9 Å². The monoisotopic (exact) mass is 452 g/mol. The van der Waals surface area contributed by atoms with Crippen molar-refractivity contribution in [3.05, 3.63) is 53.1 Å². The summed E-state index contributed by atoms with van der Waals surface area (Å²) in [6.07, 6.45) is 1.90. The summed E-state index contributed by atoms with van der Waals surface area (Å²) < 4.78 is 27.7. The van der Waals surface area contributed by atoms with Gasteiger partial charge in [-0.1, -0.05) is 18.2 Å². The molecule has 1 aliphatic rings. The van der Waals surface area contributed by atoms with Gasteiger partial charge in [-0.05, 0) is 40.2 Å². The number of pyridine rings is 1. The zero-order chi connectivity index (χ0) is 19.3. The number of carbonyl (C=O) groups is 1. The van der Waals surface area contributed by atoms with Crippen LogP contribution in [0.15, 0.2) is 58.0 Å². The lowest BCUT2D eigenvalue weighted by molar-refractivity contribution is -0.131. The second kappa shape index (κ2) is 8.81. The average molecular weight is 453 g/mol. The standard InChI is InChI=1S/C18H21BrN4O3S/c19-15-6-7-17(20-14-15)22-10-12-23(13-11-22)18(24)8-9-21-27(25,26)16-4-2-1-3-5-16/h1-7,14,21H,8-13H2. The van der Waals surface area contributed by atoms with Gasteiger partial charge in [-0.15, -0.1) is 0 Å². The lowest BCUT2D eigenvalue weighted by atomic mass is 10.2. The molecule has 0 atom stereocenters. The molecule has 0 aliphatic carbocycles. The normalized spacial score (nSPS) is 15.0. The van der Waals surface area contributed by atoms with Gasteiger partial charge in [-0.2, -0.15) is 0 Å². The molecule has 1 aliphatic heterocycles. The molecule has 1 N–H and O–H groups in total. The molecule has 1 fully saturated rings. The third-order valence-electron chi connectivity index (χ3n) is 4.35. The summed E-state index contributed by atoms with van der Waals surface area (Å²) in [4.78, 5) is 20.8. The number of piperazine rings is 1. The maximum absolute atomic E-state index is 12.4.